The Morgan fingerprint density at radius 1 is 1.11 bits per heavy atom. The number of aliphatic hydroxyl groups is 2. The van der Waals surface area contributed by atoms with Crippen LogP contribution in [-0.2, 0) is 9.59 Å². The van der Waals surface area contributed by atoms with Crippen molar-refractivity contribution in [3.63, 3.8) is 0 Å². The summed E-state index contributed by atoms with van der Waals surface area (Å²) in [5.74, 6) is -1.21. The third-order valence-electron chi connectivity index (χ3n) is 2.56. The number of carbonyl (C=O) groups is 2. The van der Waals surface area contributed by atoms with Crippen molar-refractivity contribution in [1.29, 1.82) is 0 Å². The first-order chi connectivity index (χ1) is 8.80. The minimum absolute atomic E-state index is 0.0356. The Morgan fingerprint density at radius 3 is 2.05 bits per heavy atom. The summed E-state index contributed by atoms with van der Waals surface area (Å²) in [4.78, 5) is 24.1. The van der Waals surface area contributed by atoms with Gasteiger partial charge in [-0.25, -0.2) is 0 Å². The standard InChI is InChI=1S/C12H24N2O5/c1-12(2,9-11(18)19)13-10(17)3-4-14(5-7-15)6-8-16/h15-16H,3-9H2,1-2H3,(H,13,17)(H,18,19). The van der Waals surface area contributed by atoms with Crippen molar-refractivity contribution in [3.05, 3.63) is 0 Å². The van der Waals surface area contributed by atoms with Crippen LogP contribution >= 0.6 is 0 Å². The fourth-order valence-electron chi connectivity index (χ4n) is 1.74. The zero-order valence-electron chi connectivity index (χ0n) is 11.6. The molecule has 0 saturated heterocycles. The van der Waals surface area contributed by atoms with E-state index in [-0.39, 0.29) is 32.0 Å². The van der Waals surface area contributed by atoms with E-state index < -0.39 is 11.5 Å². The van der Waals surface area contributed by atoms with Crippen LogP contribution in [0.2, 0.25) is 0 Å². The fourth-order valence-corrected chi connectivity index (χ4v) is 1.74. The Kier molecular flexibility index (Phi) is 8.29. The molecule has 0 aromatic carbocycles. The summed E-state index contributed by atoms with van der Waals surface area (Å²) < 4.78 is 0. The molecular weight excluding hydrogens is 252 g/mol. The van der Waals surface area contributed by atoms with E-state index in [0.717, 1.165) is 0 Å². The molecule has 0 bridgehead atoms. The van der Waals surface area contributed by atoms with Gasteiger partial charge in [-0.15, -0.1) is 0 Å². The molecule has 0 heterocycles. The Hall–Kier alpha value is -1.18. The lowest BCUT2D eigenvalue weighted by Crippen LogP contribution is -2.46. The summed E-state index contributed by atoms with van der Waals surface area (Å²) in [7, 11) is 0. The van der Waals surface area contributed by atoms with E-state index in [0.29, 0.717) is 19.6 Å². The topological polar surface area (TPSA) is 110 Å². The molecule has 0 aliphatic heterocycles. The number of nitrogens with one attached hydrogen (secondary N) is 1. The van der Waals surface area contributed by atoms with Gasteiger partial charge in [-0.1, -0.05) is 0 Å². The smallest absolute Gasteiger partial charge is 0.305 e. The number of amides is 1. The number of aliphatic carboxylic acids is 1. The van der Waals surface area contributed by atoms with Crippen molar-refractivity contribution in [2.24, 2.45) is 0 Å². The molecule has 7 heteroatoms. The number of nitrogens with zero attached hydrogens (tertiary/aromatic N) is 1. The highest BCUT2D eigenvalue weighted by atomic mass is 16.4. The molecule has 112 valence electrons. The lowest BCUT2D eigenvalue weighted by Gasteiger charge is -2.25. The monoisotopic (exact) mass is 276 g/mol. The van der Waals surface area contributed by atoms with Gasteiger partial charge in [0.15, 0.2) is 0 Å². The van der Waals surface area contributed by atoms with E-state index >= 15 is 0 Å². The predicted molar refractivity (Wildman–Crippen MR) is 69.7 cm³/mol. The summed E-state index contributed by atoms with van der Waals surface area (Å²) in [6.45, 7) is 4.43. The molecule has 0 fully saturated rings. The molecule has 0 spiro atoms. The Morgan fingerprint density at radius 2 is 1.63 bits per heavy atom. The van der Waals surface area contributed by atoms with Crippen LogP contribution in [0, 0.1) is 0 Å². The van der Waals surface area contributed by atoms with E-state index in [1.165, 1.54) is 0 Å². The lowest BCUT2D eigenvalue weighted by atomic mass is 10.0. The first kappa shape index (κ1) is 17.8. The lowest BCUT2D eigenvalue weighted by molar-refractivity contribution is -0.138. The third kappa shape index (κ3) is 9.40. The number of carbonyl (C=O) groups excluding carboxylic acids is 1. The van der Waals surface area contributed by atoms with Gasteiger partial charge in [0, 0.05) is 31.6 Å². The van der Waals surface area contributed by atoms with E-state index in [2.05, 4.69) is 5.32 Å². The van der Waals surface area contributed by atoms with Gasteiger partial charge in [0.2, 0.25) is 5.91 Å². The average molecular weight is 276 g/mol. The molecule has 19 heavy (non-hydrogen) atoms. The van der Waals surface area contributed by atoms with Crippen LogP contribution in [-0.4, -0.2) is 70.5 Å². The molecule has 0 radical (unpaired) electrons. The molecule has 1 amide bonds. The Labute approximate surface area is 113 Å². The SMILES string of the molecule is CC(C)(CC(=O)O)NC(=O)CCN(CCO)CCO. The van der Waals surface area contributed by atoms with Crippen LogP contribution in [0.5, 0.6) is 0 Å². The van der Waals surface area contributed by atoms with Crippen molar-refractivity contribution < 1.29 is 24.9 Å². The molecule has 7 nitrogen and oxygen atoms in total. The first-order valence-electron chi connectivity index (χ1n) is 6.27. The molecule has 0 rings (SSSR count). The second-order valence-corrected chi connectivity index (χ2v) is 5.04. The first-order valence-corrected chi connectivity index (χ1v) is 6.27. The molecule has 0 aromatic rings. The highest BCUT2D eigenvalue weighted by molar-refractivity contribution is 5.78. The van der Waals surface area contributed by atoms with E-state index in [1.807, 2.05) is 0 Å². The molecule has 4 N–H and O–H groups in total. The van der Waals surface area contributed by atoms with Crippen LogP contribution in [0.15, 0.2) is 0 Å². The fraction of sp³-hybridized carbons (Fsp3) is 0.833. The molecule has 0 aromatic heterocycles. The Balaban J connectivity index is 4.12. The van der Waals surface area contributed by atoms with Crippen LogP contribution < -0.4 is 5.32 Å². The number of carboxylic acid groups (broad SMARTS) is 1. The van der Waals surface area contributed by atoms with Gasteiger partial charge in [-0.05, 0) is 13.8 Å². The zero-order valence-corrected chi connectivity index (χ0v) is 11.6. The van der Waals surface area contributed by atoms with E-state index in [4.69, 9.17) is 15.3 Å². The number of aliphatic hydroxyl groups excluding tert-OH is 2. The molecule has 0 aliphatic carbocycles. The van der Waals surface area contributed by atoms with Gasteiger partial charge in [-0.3, -0.25) is 14.5 Å². The van der Waals surface area contributed by atoms with Crippen molar-refractivity contribution in [2.75, 3.05) is 32.8 Å². The summed E-state index contributed by atoms with van der Waals surface area (Å²) >= 11 is 0. The largest absolute Gasteiger partial charge is 0.481 e. The zero-order chi connectivity index (χ0) is 14.9. The highest BCUT2D eigenvalue weighted by Gasteiger charge is 2.23. The molecule has 0 unspecified atom stereocenters. The van der Waals surface area contributed by atoms with Crippen molar-refractivity contribution in [1.82, 2.24) is 10.2 Å². The van der Waals surface area contributed by atoms with Crippen molar-refractivity contribution >= 4 is 11.9 Å². The van der Waals surface area contributed by atoms with Gasteiger partial charge in [0.1, 0.15) is 0 Å². The van der Waals surface area contributed by atoms with E-state index in [9.17, 15) is 9.59 Å². The van der Waals surface area contributed by atoms with Crippen LogP contribution in [0.25, 0.3) is 0 Å². The van der Waals surface area contributed by atoms with Gasteiger partial charge in [0.05, 0.1) is 19.6 Å². The number of hydrogen-bond acceptors (Lipinski definition) is 5. The quantitative estimate of drug-likeness (QED) is 0.409. The van der Waals surface area contributed by atoms with Crippen molar-refractivity contribution in [3.8, 4) is 0 Å². The van der Waals surface area contributed by atoms with E-state index in [1.54, 1.807) is 18.7 Å². The minimum Gasteiger partial charge on any atom is -0.481 e. The molecule has 0 aliphatic rings. The maximum absolute atomic E-state index is 11.7. The molecule has 0 saturated carbocycles. The summed E-state index contributed by atoms with van der Waals surface area (Å²) in [6.07, 6.45) is 0.0543. The molecular formula is C12H24N2O5. The highest BCUT2D eigenvalue weighted by Crippen LogP contribution is 2.08. The maximum Gasteiger partial charge on any atom is 0.305 e. The number of carboxylic acids is 1. The number of rotatable bonds is 10. The van der Waals surface area contributed by atoms with Crippen LogP contribution in [0.1, 0.15) is 26.7 Å². The van der Waals surface area contributed by atoms with Gasteiger partial charge in [0.25, 0.3) is 0 Å². The van der Waals surface area contributed by atoms with Crippen LogP contribution in [0.4, 0.5) is 0 Å². The second-order valence-electron chi connectivity index (χ2n) is 5.04. The second kappa shape index (κ2) is 8.84. The van der Waals surface area contributed by atoms with Crippen molar-refractivity contribution in [2.45, 2.75) is 32.2 Å². The summed E-state index contributed by atoms with van der Waals surface area (Å²) in [5, 5.41) is 29.0. The normalized spacial score (nSPS) is 11.6. The number of hydrogen-bond donors (Lipinski definition) is 4. The molecule has 0 atom stereocenters. The summed E-state index contributed by atoms with van der Waals surface area (Å²) in [5.41, 5.74) is -0.790. The predicted octanol–water partition coefficient (Wildman–Crippen LogP) is -0.967. The van der Waals surface area contributed by atoms with Gasteiger partial charge < -0.3 is 20.6 Å². The van der Waals surface area contributed by atoms with Crippen LogP contribution in [0.3, 0.4) is 0 Å². The van der Waals surface area contributed by atoms with Gasteiger partial charge in [-0.2, -0.15) is 0 Å². The third-order valence-corrected chi connectivity index (χ3v) is 2.56. The average Bonchev–Trinajstić information content (AvgIpc) is 2.23. The Bertz CT molecular complexity index is 288. The summed E-state index contributed by atoms with van der Waals surface area (Å²) in [6, 6.07) is 0. The minimum atomic E-state index is -0.965. The van der Waals surface area contributed by atoms with Gasteiger partial charge >= 0.3 is 5.97 Å². The maximum atomic E-state index is 11.7.